The molecule has 4 N–H and O–H groups in total. The average Bonchev–Trinajstić information content (AvgIpc) is 3.02. The van der Waals surface area contributed by atoms with Gasteiger partial charge >= 0.3 is 0 Å². The maximum Gasteiger partial charge on any atom is 0.261 e. The molecule has 27 heavy (non-hydrogen) atoms. The van der Waals surface area contributed by atoms with Gasteiger partial charge in [0.15, 0.2) is 0 Å². The molecule has 0 bridgehead atoms. The molecule has 150 valence electrons. The van der Waals surface area contributed by atoms with Crippen molar-refractivity contribution in [3.8, 4) is 0 Å². The number of halogens is 1. The monoisotopic (exact) mass is 401 g/mol. The van der Waals surface area contributed by atoms with Crippen molar-refractivity contribution in [1.29, 1.82) is 0 Å². The molecule has 1 atom stereocenters. The Hall–Kier alpha value is -2.62. The third kappa shape index (κ3) is 7.26. The van der Waals surface area contributed by atoms with E-state index in [1.54, 1.807) is 6.92 Å². The summed E-state index contributed by atoms with van der Waals surface area (Å²) in [5.74, 6) is -2.37. The molecule has 0 saturated carbocycles. The van der Waals surface area contributed by atoms with Gasteiger partial charge in [0.2, 0.25) is 5.91 Å². The molecule has 10 nitrogen and oxygen atoms in total. The first-order chi connectivity index (χ1) is 12.6. The van der Waals surface area contributed by atoms with Gasteiger partial charge in [-0.05, 0) is 19.3 Å². The van der Waals surface area contributed by atoms with Crippen molar-refractivity contribution in [2.24, 2.45) is 11.7 Å². The minimum atomic E-state index is -0.925. The van der Waals surface area contributed by atoms with E-state index in [2.05, 4.69) is 15.9 Å². The minimum Gasteiger partial charge on any atom is -0.370 e. The van der Waals surface area contributed by atoms with Gasteiger partial charge in [-0.15, -0.1) is 11.6 Å². The van der Waals surface area contributed by atoms with Crippen LogP contribution < -0.4 is 16.5 Å². The number of amides is 4. The van der Waals surface area contributed by atoms with Gasteiger partial charge in [-0.3, -0.25) is 29.6 Å². The van der Waals surface area contributed by atoms with Crippen molar-refractivity contribution < 1.29 is 23.7 Å². The molecular formula is C16H24ClN5O5. The lowest BCUT2D eigenvalue weighted by atomic mass is 10.0. The zero-order valence-electron chi connectivity index (χ0n) is 15.5. The van der Waals surface area contributed by atoms with Crippen LogP contribution in [0.1, 0.15) is 42.8 Å². The molecule has 4 amide bonds. The molecule has 0 saturated heterocycles. The van der Waals surface area contributed by atoms with E-state index in [0.29, 0.717) is 12.2 Å². The van der Waals surface area contributed by atoms with Crippen molar-refractivity contribution in [3.63, 3.8) is 0 Å². The number of carbonyl (C=O) groups is 4. The summed E-state index contributed by atoms with van der Waals surface area (Å²) in [5, 5.41) is 7.06. The van der Waals surface area contributed by atoms with Crippen LogP contribution in [-0.2, 0) is 14.4 Å². The van der Waals surface area contributed by atoms with E-state index in [9.17, 15) is 19.2 Å². The van der Waals surface area contributed by atoms with E-state index in [1.807, 2.05) is 13.8 Å². The SMILES string of the molecule is Cc1oncc1C(=O)NC(CC(C)C)C(=O)NN(CCC(N)=O)C(=O)CCl. The van der Waals surface area contributed by atoms with Crippen LogP contribution in [0.25, 0.3) is 0 Å². The third-order valence-corrected chi connectivity index (χ3v) is 3.80. The molecule has 0 aliphatic heterocycles. The third-order valence-electron chi connectivity index (χ3n) is 3.57. The number of hydrogen-bond donors (Lipinski definition) is 3. The number of alkyl halides is 1. The number of hydrazine groups is 1. The molecule has 0 aliphatic carbocycles. The van der Waals surface area contributed by atoms with Gasteiger partial charge in [0.1, 0.15) is 23.2 Å². The summed E-state index contributed by atoms with van der Waals surface area (Å²) in [6.07, 6.45) is 1.43. The highest BCUT2D eigenvalue weighted by atomic mass is 35.5. The second kappa shape index (κ2) is 10.5. The molecule has 1 heterocycles. The number of nitrogens with two attached hydrogens (primary N) is 1. The number of nitrogens with one attached hydrogen (secondary N) is 2. The van der Waals surface area contributed by atoms with E-state index in [0.717, 1.165) is 5.01 Å². The Morgan fingerprint density at radius 3 is 2.48 bits per heavy atom. The lowest BCUT2D eigenvalue weighted by molar-refractivity contribution is -0.141. The van der Waals surface area contributed by atoms with Crippen LogP contribution in [0, 0.1) is 12.8 Å². The zero-order valence-corrected chi connectivity index (χ0v) is 16.2. The molecule has 1 rings (SSSR count). The lowest BCUT2D eigenvalue weighted by Gasteiger charge is -2.26. The van der Waals surface area contributed by atoms with Gasteiger partial charge in [-0.2, -0.15) is 0 Å². The molecule has 1 unspecified atom stereocenters. The normalized spacial score (nSPS) is 11.7. The summed E-state index contributed by atoms with van der Waals surface area (Å²) in [7, 11) is 0. The highest BCUT2D eigenvalue weighted by molar-refractivity contribution is 6.27. The Balaban J connectivity index is 2.88. The van der Waals surface area contributed by atoms with E-state index in [-0.39, 0.29) is 30.3 Å². The minimum absolute atomic E-state index is 0.0763. The number of aromatic nitrogens is 1. The Labute approximate surface area is 161 Å². The molecule has 0 spiro atoms. The fourth-order valence-corrected chi connectivity index (χ4v) is 2.35. The van der Waals surface area contributed by atoms with Crippen molar-refractivity contribution in [1.82, 2.24) is 20.9 Å². The van der Waals surface area contributed by atoms with Crippen LogP contribution in [0.4, 0.5) is 0 Å². The number of aryl methyl sites for hydroxylation is 1. The van der Waals surface area contributed by atoms with Gasteiger partial charge in [-0.25, -0.2) is 0 Å². The van der Waals surface area contributed by atoms with Crippen molar-refractivity contribution in [2.75, 3.05) is 12.4 Å². The van der Waals surface area contributed by atoms with Crippen molar-refractivity contribution in [2.45, 2.75) is 39.7 Å². The highest BCUT2D eigenvalue weighted by Crippen LogP contribution is 2.10. The number of nitrogens with zero attached hydrogens (tertiary/aromatic N) is 2. The van der Waals surface area contributed by atoms with E-state index < -0.39 is 29.7 Å². The maximum atomic E-state index is 12.6. The van der Waals surface area contributed by atoms with Gasteiger partial charge in [-0.1, -0.05) is 19.0 Å². The molecule has 0 aliphatic rings. The smallest absolute Gasteiger partial charge is 0.261 e. The second-order valence-corrected chi connectivity index (χ2v) is 6.59. The van der Waals surface area contributed by atoms with Gasteiger partial charge in [0.05, 0.1) is 12.7 Å². The molecule has 11 heteroatoms. The van der Waals surface area contributed by atoms with Crippen LogP contribution in [-0.4, -0.2) is 52.3 Å². The van der Waals surface area contributed by atoms with Crippen molar-refractivity contribution >= 4 is 35.2 Å². The van der Waals surface area contributed by atoms with Crippen LogP contribution in [0.2, 0.25) is 0 Å². The largest absolute Gasteiger partial charge is 0.370 e. The van der Waals surface area contributed by atoms with Gasteiger partial charge in [0.25, 0.3) is 17.7 Å². The van der Waals surface area contributed by atoms with Crippen molar-refractivity contribution in [3.05, 3.63) is 17.5 Å². The summed E-state index contributed by atoms with van der Waals surface area (Å²) in [6, 6.07) is -0.925. The number of rotatable bonds is 9. The standard InChI is InChI=1S/C16H24ClN5O5/c1-9(2)6-12(20-15(25)11-8-19-27-10(11)3)16(26)21-22(14(24)7-17)5-4-13(18)23/h8-9,12H,4-7H2,1-3H3,(H2,18,23)(H,20,25)(H,21,26). The fourth-order valence-electron chi connectivity index (χ4n) is 2.20. The predicted molar refractivity (Wildman–Crippen MR) is 96.3 cm³/mol. The Morgan fingerprint density at radius 2 is 2.00 bits per heavy atom. The summed E-state index contributed by atoms with van der Waals surface area (Å²) in [6.45, 7) is 5.21. The quantitative estimate of drug-likeness (QED) is 0.395. The van der Waals surface area contributed by atoms with Crippen LogP contribution in [0.15, 0.2) is 10.7 Å². The summed E-state index contributed by atoms with van der Waals surface area (Å²) >= 11 is 5.53. The van der Waals surface area contributed by atoms with E-state index >= 15 is 0 Å². The molecule has 1 aromatic heterocycles. The number of primary amides is 1. The first kappa shape index (κ1) is 22.4. The van der Waals surface area contributed by atoms with Crippen LogP contribution >= 0.6 is 11.6 Å². The maximum absolute atomic E-state index is 12.6. The molecule has 0 radical (unpaired) electrons. The molecule has 0 aromatic carbocycles. The first-order valence-electron chi connectivity index (χ1n) is 8.33. The highest BCUT2D eigenvalue weighted by Gasteiger charge is 2.27. The average molecular weight is 402 g/mol. The Bertz CT molecular complexity index is 690. The van der Waals surface area contributed by atoms with Crippen LogP contribution in [0.5, 0.6) is 0 Å². The molecule has 1 aromatic rings. The van der Waals surface area contributed by atoms with Crippen LogP contribution in [0.3, 0.4) is 0 Å². The lowest BCUT2D eigenvalue weighted by Crippen LogP contribution is -2.55. The molecular weight excluding hydrogens is 378 g/mol. The van der Waals surface area contributed by atoms with Gasteiger partial charge in [0, 0.05) is 6.42 Å². The first-order valence-corrected chi connectivity index (χ1v) is 8.86. The summed E-state index contributed by atoms with van der Waals surface area (Å²) in [5.41, 5.74) is 7.68. The number of hydrogen-bond acceptors (Lipinski definition) is 6. The predicted octanol–water partition coefficient (Wildman–Crippen LogP) is 0.102. The summed E-state index contributed by atoms with van der Waals surface area (Å²) in [4.78, 5) is 47.8. The molecule has 0 fully saturated rings. The summed E-state index contributed by atoms with van der Waals surface area (Å²) < 4.78 is 4.85. The Kier molecular flexibility index (Phi) is 8.73. The van der Waals surface area contributed by atoms with E-state index in [4.69, 9.17) is 21.9 Å². The van der Waals surface area contributed by atoms with Gasteiger partial charge < -0.3 is 15.6 Å². The number of carbonyl (C=O) groups excluding carboxylic acids is 4. The Morgan fingerprint density at radius 1 is 1.33 bits per heavy atom. The topological polar surface area (TPSA) is 148 Å². The second-order valence-electron chi connectivity index (χ2n) is 6.32. The fraction of sp³-hybridized carbons (Fsp3) is 0.562. The zero-order chi connectivity index (χ0) is 20.6. The van der Waals surface area contributed by atoms with E-state index in [1.165, 1.54) is 6.20 Å².